The number of anilines is 2. The number of nitrogens with zero attached hydrogens (tertiary/aromatic N) is 2. The van der Waals surface area contributed by atoms with Gasteiger partial charge < -0.3 is 20.4 Å². The predicted molar refractivity (Wildman–Crippen MR) is 80.9 cm³/mol. The molecule has 0 aliphatic heterocycles. The number of aliphatic hydroxyl groups is 2. The van der Waals surface area contributed by atoms with Crippen molar-refractivity contribution in [2.75, 3.05) is 43.1 Å². The number of hydrogen-bond donors (Lipinski definition) is 3. The van der Waals surface area contributed by atoms with Crippen LogP contribution in [0.15, 0.2) is 18.2 Å². The van der Waals surface area contributed by atoms with Crippen LogP contribution < -0.4 is 10.2 Å². The van der Waals surface area contributed by atoms with Crippen LogP contribution in [0.25, 0.3) is 0 Å². The van der Waals surface area contributed by atoms with E-state index in [1.165, 1.54) is 6.07 Å². The van der Waals surface area contributed by atoms with Gasteiger partial charge in [0.2, 0.25) is 0 Å². The second-order valence-corrected chi connectivity index (χ2v) is 3.91. The molecule has 0 atom stereocenters. The van der Waals surface area contributed by atoms with Gasteiger partial charge in [-0.3, -0.25) is 10.1 Å². The van der Waals surface area contributed by atoms with Gasteiger partial charge in [-0.1, -0.05) is 0 Å². The van der Waals surface area contributed by atoms with Gasteiger partial charge in [0.05, 0.1) is 18.1 Å². The zero-order chi connectivity index (χ0) is 14.3. The van der Waals surface area contributed by atoms with Crippen molar-refractivity contribution < 1.29 is 15.1 Å². The summed E-state index contributed by atoms with van der Waals surface area (Å²) in [6, 6.07) is 4.84. The Morgan fingerprint density at radius 1 is 1.35 bits per heavy atom. The Morgan fingerprint density at radius 2 is 2.05 bits per heavy atom. The van der Waals surface area contributed by atoms with E-state index in [1.54, 1.807) is 12.1 Å². The first kappa shape index (κ1) is 18.4. The van der Waals surface area contributed by atoms with Gasteiger partial charge in [-0.2, -0.15) is 0 Å². The summed E-state index contributed by atoms with van der Waals surface area (Å²) < 4.78 is 0. The highest BCUT2D eigenvalue weighted by atomic mass is 35.5. The van der Waals surface area contributed by atoms with Gasteiger partial charge in [-0.25, -0.2) is 0 Å². The van der Waals surface area contributed by atoms with Crippen LogP contribution in [0.3, 0.4) is 0 Å². The summed E-state index contributed by atoms with van der Waals surface area (Å²) >= 11 is 0. The van der Waals surface area contributed by atoms with Crippen molar-refractivity contribution in [1.29, 1.82) is 0 Å². The maximum atomic E-state index is 11.0. The van der Waals surface area contributed by atoms with Crippen LogP contribution in [0, 0.1) is 10.1 Å². The van der Waals surface area contributed by atoms with Crippen molar-refractivity contribution >= 4 is 29.5 Å². The van der Waals surface area contributed by atoms with Crippen LogP contribution in [0.4, 0.5) is 17.1 Å². The van der Waals surface area contributed by atoms with Crippen LogP contribution in [-0.2, 0) is 0 Å². The molecule has 0 saturated carbocycles. The quantitative estimate of drug-likeness (QED) is 0.494. The molecule has 0 unspecified atom stereocenters. The van der Waals surface area contributed by atoms with Crippen molar-refractivity contribution in [3.8, 4) is 0 Å². The lowest BCUT2D eigenvalue weighted by molar-refractivity contribution is -0.383. The molecule has 0 fully saturated rings. The van der Waals surface area contributed by atoms with E-state index >= 15 is 0 Å². The van der Waals surface area contributed by atoms with Crippen molar-refractivity contribution in [1.82, 2.24) is 0 Å². The number of hydrogen-bond acceptors (Lipinski definition) is 6. The summed E-state index contributed by atoms with van der Waals surface area (Å²) in [7, 11) is 0. The number of rotatable bonds is 8. The van der Waals surface area contributed by atoms with Crippen molar-refractivity contribution in [2.24, 2.45) is 0 Å². The lowest BCUT2D eigenvalue weighted by Crippen LogP contribution is -2.26. The molecule has 8 heteroatoms. The van der Waals surface area contributed by atoms with Crippen LogP contribution in [0.2, 0.25) is 0 Å². The normalized spacial score (nSPS) is 9.75. The first-order valence-electron chi connectivity index (χ1n) is 6.13. The van der Waals surface area contributed by atoms with Crippen molar-refractivity contribution in [3.05, 3.63) is 28.3 Å². The first-order valence-corrected chi connectivity index (χ1v) is 6.13. The lowest BCUT2D eigenvalue weighted by atomic mass is 10.2. The Balaban J connectivity index is 0.00000361. The third-order valence-electron chi connectivity index (χ3n) is 2.72. The maximum Gasteiger partial charge on any atom is 0.294 e. The van der Waals surface area contributed by atoms with Crippen LogP contribution >= 0.6 is 12.4 Å². The summed E-state index contributed by atoms with van der Waals surface area (Å²) in [6.45, 7) is 3.16. The fraction of sp³-hybridized carbons (Fsp3) is 0.500. The number of halogens is 1. The molecule has 0 aliphatic carbocycles. The van der Waals surface area contributed by atoms with Crippen LogP contribution in [0.1, 0.15) is 6.92 Å². The summed E-state index contributed by atoms with van der Waals surface area (Å²) in [5, 5.41) is 31.5. The lowest BCUT2D eigenvalue weighted by Gasteiger charge is -2.22. The molecule has 7 nitrogen and oxygen atoms in total. The predicted octanol–water partition coefficient (Wildman–Crippen LogP) is 1.24. The molecule has 0 aliphatic rings. The maximum absolute atomic E-state index is 11.0. The topological polar surface area (TPSA) is 98.9 Å². The number of likely N-dealkylation sites (N-methyl/N-ethyl adjacent to an activating group) is 1. The highest BCUT2D eigenvalue weighted by Crippen LogP contribution is 2.29. The number of benzene rings is 1. The Morgan fingerprint density at radius 3 is 2.55 bits per heavy atom. The van der Waals surface area contributed by atoms with E-state index in [2.05, 4.69) is 5.32 Å². The van der Waals surface area contributed by atoms with Gasteiger partial charge in [0.1, 0.15) is 5.69 Å². The molecule has 0 spiro atoms. The molecular weight excluding hydrogens is 286 g/mol. The van der Waals surface area contributed by atoms with E-state index in [1.807, 2.05) is 11.8 Å². The zero-order valence-electron chi connectivity index (χ0n) is 11.3. The third kappa shape index (κ3) is 4.84. The Hall–Kier alpha value is -1.57. The minimum absolute atomic E-state index is 0. The number of nitro benzene ring substituents is 1. The fourth-order valence-electron chi connectivity index (χ4n) is 1.80. The molecule has 3 N–H and O–H groups in total. The van der Waals surface area contributed by atoms with Gasteiger partial charge in [0, 0.05) is 31.4 Å². The standard InChI is InChI=1S/C12H19N3O4.ClH/c1-2-14(6-8-17)10-3-4-11(13-5-7-16)12(9-10)15(18)19;/h3-4,9,13,16-17H,2,5-8H2,1H3;1H. The van der Waals surface area contributed by atoms with Gasteiger partial charge in [-0.15, -0.1) is 12.4 Å². The van der Waals surface area contributed by atoms with Crippen molar-refractivity contribution in [3.63, 3.8) is 0 Å². The average Bonchev–Trinajstić information content (AvgIpc) is 2.42. The highest BCUT2D eigenvalue weighted by molar-refractivity contribution is 5.85. The highest BCUT2D eigenvalue weighted by Gasteiger charge is 2.16. The van der Waals surface area contributed by atoms with Crippen LogP contribution in [0.5, 0.6) is 0 Å². The van der Waals surface area contributed by atoms with E-state index in [-0.39, 0.29) is 37.9 Å². The minimum atomic E-state index is -0.462. The molecule has 0 aromatic heterocycles. The zero-order valence-corrected chi connectivity index (χ0v) is 12.1. The molecule has 0 bridgehead atoms. The van der Waals surface area contributed by atoms with E-state index in [4.69, 9.17) is 10.2 Å². The summed E-state index contributed by atoms with van der Waals surface area (Å²) in [5.74, 6) is 0. The van der Waals surface area contributed by atoms with E-state index in [9.17, 15) is 10.1 Å². The van der Waals surface area contributed by atoms with Gasteiger partial charge in [0.25, 0.3) is 5.69 Å². The molecule has 1 aromatic rings. The molecule has 1 aromatic carbocycles. The summed E-state index contributed by atoms with van der Waals surface area (Å²) in [5.41, 5.74) is 1.03. The number of aliphatic hydroxyl groups excluding tert-OH is 2. The summed E-state index contributed by atoms with van der Waals surface area (Å²) in [6.07, 6.45) is 0. The molecule has 1 rings (SSSR count). The smallest absolute Gasteiger partial charge is 0.294 e. The largest absolute Gasteiger partial charge is 0.395 e. The third-order valence-corrected chi connectivity index (χ3v) is 2.72. The average molecular weight is 306 g/mol. The van der Waals surface area contributed by atoms with Gasteiger partial charge in [0.15, 0.2) is 0 Å². The van der Waals surface area contributed by atoms with Crippen molar-refractivity contribution in [2.45, 2.75) is 6.92 Å². The minimum Gasteiger partial charge on any atom is -0.395 e. The molecule has 0 radical (unpaired) electrons. The van der Waals surface area contributed by atoms with Gasteiger partial charge >= 0.3 is 0 Å². The molecular formula is C12H20ClN3O4. The second kappa shape index (κ2) is 9.35. The molecule has 20 heavy (non-hydrogen) atoms. The fourth-order valence-corrected chi connectivity index (χ4v) is 1.80. The second-order valence-electron chi connectivity index (χ2n) is 3.91. The SMILES string of the molecule is CCN(CCO)c1ccc(NCCO)c([N+](=O)[O-])c1.Cl. The molecule has 0 saturated heterocycles. The molecule has 0 heterocycles. The van der Waals surface area contributed by atoms with Gasteiger partial charge in [-0.05, 0) is 19.1 Å². The van der Waals surface area contributed by atoms with E-state index in [0.29, 0.717) is 24.5 Å². The molecule has 114 valence electrons. The van der Waals surface area contributed by atoms with Crippen LogP contribution in [-0.4, -0.2) is 48.0 Å². The Bertz CT molecular complexity index is 431. The Labute approximate surface area is 123 Å². The first-order chi connectivity index (χ1) is 9.13. The Kier molecular flexibility index (Phi) is 8.62. The van der Waals surface area contributed by atoms with E-state index < -0.39 is 4.92 Å². The molecule has 0 amide bonds. The monoisotopic (exact) mass is 305 g/mol. The number of nitro groups is 1. The van der Waals surface area contributed by atoms with E-state index in [0.717, 1.165) is 0 Å². The number of nitrogens with one attached hydrogen (secondary N) is 1. The summed E-state index contributed by atoms with van der Waals surface area (Å²) in [4.78, 5) is 12.4.